The first-order chi connectivity index (χ1) is 8.04. The molecule has 0 saturated heterocycles. The molecule has 0 unspecified atom stereocenters. The van der Waals surface area contributed by atoms with Gasteiger partial charge in [-0.2, -0.15) is 13.2 Å². The van der Waals surface area contributed by atoms with Crippen LogP contribution >= 0.6 is 0 Å². The highest BCUT2D eigenvalue weighted by Gasteiger charge is 2.37. The van der Waals surface area contributed by atoms with Gasteiger partial charge in [0, 0.05) is 5.56 Å². The molecule has 1 heterocycles. The van der Waals surface area contributed by atoms with Gasteiger partial charge in [-0.1, -0.05) is 0 Å². The molecule has 1 N–H and O–H groups in total. The van der Waals surface area contributed by atoms with E-state index in [1.165, 1.54) is 0 Å². The molecule has 3 nitrogen and oxygen atoms in total. The van der Waals surface area contributed by atoms with Crippen molar-refractivity contribution < 1.29 is 35.5 Å². The molecule has 0 aliphatic heterocycles. The molecular formula is C8H4F7NO2. The fraction of sp³-hybridized carbons (Fsp3) is 0.375. The van der Waals surface area contributed by atoms with E-state index in [-0.39, 0.29) is 6.07 Å². The van der Waals surface area contributed by atoms with Crippen LogP contribution in [0.5, 0.6) is 5.75 Å². The summed E-state index contributed by atoms with van der Waals surface area (Å²) in [5.74, 6) is -1.54. The van der Waals surface area contributed by atoms with Crippen LogP contribution in [0, 0.1) is 0 Å². The van der Waals surface area contributed by atoms with Crippen LogP contribution in [-0.2, 0) is 12.9 Å². The predicted octanol–water partition coefficient (Wildman–Crippen LogP) is 2.76. The van der Waals surface area contributed by atoms with Gasteiger partial charge in [-0.3, -0.25) is 4.79 Å². The maximum absolute atomic E-state index is 12.3. The van der Waals surface area contributed by atoms with Crippen molar-refractivity contribution in [1.29, 1.82) is 0 Å². The highest BCUT2D eigenvalue weighted by Crippen LogP contribution is 2.30. The summed E-state index contributed by atoms with van der Waals surface area (Å²) in [6.07, 6.45) is -10.3. The summed E-state index contributed by atoms with van der Waals surface area (Å²) in [7, 11) is 0. The van der Waals surface area contributed by atoms with Gasteiger partial charge in [-0.25, -0.2) is 4.39 Å². The van der Waals surface area contributed by atoms with Crippen molar-refractivity contribution in [3.05, 3.63) is 27.7 Å². The van der Waals surface area contributed by atoms with E-state index in [1.807, 2.05) is 0 Å². The van der Waals surface area contributed by atoms with Crippen LogP contribution in [0.4, 0.5) is 30.7 Å². The molecule has 0 spiro atoms. The second-order valence-electron chi connectivity index (χ2n) is 3.05. The molecule has 0 atom stereocenters. The van der Waals surface area contributed by atoms with Gasteiger partial charge in [0.15, 0.2) is 5.75 Å². The second-order valence-corrected chi connectivity index (χ2v) is 3.05. The Labute approximate surface area is 94.2 Å². The third-order valence-electron chi connectivity index (χ3n) is 1.73. The summed E-state index contributed by atoms with van der Waals surface area (Å²) in [4.78, 5) is 12.1. The van der Waals surface area contributed by atoms with Crippen LogP contribution in [-0.4, -0.2) is 11.3 Å². The van der Waals surface area contributed by atoms with Crippen LogP contribution in [0.1, 0.15) is 11.3 Å². The molecule has 0 bridgehead atoms. The van der Waals surface area contributed by atoms with Crippen molar-refractivity contribution in [2.24, 2.45) is 0 Å². The Morgan fingerprint density at radius 2 is 1.72 bits per heavy atom. The number of aromatic nitrogens is 1. The van der Waals surface area contributed by atoms with Crippen molar-refractivity contribution in [1.82, 2.24) is 4.98 Å². The lowest BCUT2D eigenvalue weighted by molar-refractivity contribution is -0.275. The lowest BCUT2D eigenvalue weighted by Crippen LogP contribution is -2.26. The summed E-state index contributed by atoms with van der Waals surface area (Å²) in [5, 5.41) is 0. The Bertz CT molecular complexity index is 488. The summed E-state index contributed by atoms with van der Waals surface area (Å²) < 4.78 is 87.7. The molecule has 1 rings (SSSR count). The summed E-state index contributed by atoms with van der Waals surface area (Å²) >= 11 is 0. The molecule has 0 aromatic carbocycles. The maximum atomic E-state index is 12.3. The molecule has 0 fully saturated rings. The first kappa shape index (κ1) is 14.3. The SMILES string of the molecule is O=c1[nH]c(C(F)(F)F)cc(CF)c1OC(F)(F)F. The van der Waals surface area contributed by atoms with Gasteiger partial charge in [0.25, 0.3) is 5.56 Å². The van der Waals surface area contributed by atoms with Gasteiger partial charge >= 0.3 is 12.5 Å². The number of hydrogen-bond donors (Lipinski definition) is 1. The van der Waals surface area contributed by atoms with Gasteiger partial charge in [0.1, 0.15) is 12.4 Å². The quantitative estimate of drug-likeness (QED) is 0.846. The first-order valence-electron chi connectivity index (χ1n) is 4.19. The molecule has 1 aromatic rings. The normalized spacial score (nSPS) is 12.6. The van der Waals surface area contributed by atoms with Gasteiger partial charge < -0.3 is 9.72 Å². The molecule has 0 aliphatic carbocycles. The zero-order chi connectivity index (χ0) is 14.1. The minimum Gasteiger partial charge on any atom is -0.399 e. The third kappa shape index (κ3) is 3.37. The number of halogens is 7. The Morgan fingerprint density at radius 1 is 1.17 bits per heavy atom. The van der Waals surface area contributed by atoms with Crippen molar-refractivity contribution in [3.63, 3.8) is 0 Å². The number of hydrogen-bond acceptors (Lipinski definition) is 2. The Kier molecular flexibility index (Phi) is 3.58. The first-order valence-corrected chi connectivity index (χ1v) is 4.19. The Balaban J connectivity index is 3.34. The fourth-order valence-corrected chi connectivity index (χ4v) is 1.08. The number of H-pyrrole nitrogens is 1. The van der Waals surface area contributed by atoms with E-state index in [0.29, 0.717) is 0 Å². The number of nitrogens with one attached hydrogen (secondary N) is 1. The molecule has 18 heavy (non-hydrogen) atoms. The molecule has 0 saturated carbocycles. The summed E-state index contributed by atoms with van der Waals surface area (Å²) in [5.41, 5.74) is -4.60. The lowest BCUT2D eigenvalue weighted by Gasteiger charge is -2.13. The minimum absolute atomic E-state index is 0.0441. The number of ether oxygens (including phenoxy) is 1. The smallest absolute Gasteiger partial charge is 0.399 e. The average molecular weight is 279 g/mol. The minimum atomic E-state index is -5.31. The number of pyridine rings is 1. The molecule has 10 heteroatoms. The Hall–Kier alpha value is -1.74. The zero-order valence-corrected chi connectivity index (χ0v) is 8.25. The van der Waals surface area contributed by atoms with E-state index in [0.717, 1.165) is 4.98 Å². The monoisotopic (exact) mass is 279 g/mol. The largest absolute Gasteiger partial charge is 0.573 e. The number of alkyl halides is 7. The van der Waals surface area contributed by atoms with Gasteiger partial charge in [-0.05, 0) is 6.07 Å². The van der Waals surface area contributed by atoms with E-state index in [2.05, 4.69) is 4.74 Å². The summed E-state index contributed by atoms with van der Waals surface area (Å²) in [6, 6.07) is 0.0441. The van der Waals surface area contributed by atoms with Crippen molar-refractivity contribution in [3.8, 4) is 5.75 Å². The van der Waals surface area contributed by atoms with Gasteiger partial charge in [-0.15, -0.1) is 13.2 Å². The predicted molar refractivity (Wildman–Crippen MR) is 43.6 cm³/mol. The topological polar surface area (TPSA) is 42.1 Å². The van der Waals surface area contributed by atoms with Crippen LogP contribution in [0.25, 0.3) is 0 Å². The fourth-order valence-electron chi connectivity index (χ4n) is 1.08. The van der Waals surface area contributed by atoms with Crippen LogP contribution in [0.15, 0.2) is 10.9 Å². The van der Waals surface area contributed by atoms with Gasteiger partial charge in [0.2, 0.25) is 0 Å². The standard InChI is InChI=1S/C8H4F7NO2/c9-2-3-1-4(7(10,11)12)16-6(17)5(3)18-8(13,14)15/h1H,2H2,(H,16,17). The molecular weight excluding hydrogens is 275 g/mol. The maximum Gasteiger partial charge on any atom is 0.573 e. The van der Waals surface area contributed by atoms with Crippen molar-refractivity contribution in [2.75, 3.05) is 0 Å². The third-order valence-corrected chi connectivity index (χ3v) is 1.73. The molecule has 0 aliphatic rings. The van der Waals surface area contributed by atoms with E-state index >= 15 is 0 Å². The highest BCUT2D eigenvalue weighted by molar-refractivity contribution is 5.33. The highest BCUT2D eigenvalue weighted by atomic mass is 19.4. The van der Waals surface area contributed by atoms with E-state index in [4.69, 9.17) is 0 Å². The van der Waals surface area contributed by atoms with E-state index in [9.17, 15) is 35.5 Å². The zero-order valence-electron chi connectivity index (χ0n) is 8.25. The number of aromatic amines is 1. The van der Waals surface area contributed by atoms with E-state index in [1.54, 1.807) is 0 Å². The lowest BCUT2D eigenvalue weighted by atomic mass is 10.2. The second kappa shape index (κ2) is 4.50. The molecule has 102 valence electrons. The molecule has 1 aromatic heterocycles. The van der Waals surface area contributed by atoms with Crippen molar-refractivity contribution >= 4 is 0 Å². The van der Waals surface area contributed by atoms with Crippen LogP contribution in [0.2, 0.25) is 0 Å². The average Bonchev–Trinajstić information content (AvgIpc) is 2.17. The van der Waals surface area contributed by atoms with Gasteiger partial charge in [0.05, 0.1) is 0 Å². The summed E-state index contributed by atoms with van der Waals surface area (Å²) in [6.45, 7) is -1.71. The van der Waals surface area contributed by atoms with Crippen LogP contribution in [0.3, 0.4) is 0 Å². The molecule has 0 amide bonds. The number of rotatable bonds is 2. The van der Waals surface area contributed by atoms with Crippen LogP contribution < -0.4 is 10.3 Å². The Morgan fingerprint density at radius 3 is 2.11 bits per heavy atom. The molecule has 0 radical (unpaired) electrons. The van der Waals surface area contributed by atoms with E-state index < -0.39 is 41.8 Å². The van der Waals surface area contributed by atoms with Crippen molar-refractivity contribution in [2.45, 2.75) is 19.2 Å².